The van der Waals surface area contributed by atoms with Gasteiger partial charge in [-0.3, -0.25) is 9.59 Å². The van der Waals surface area contributed by atoms with E-state index in [4.69, 9.17) is 4.74 Å². The third-order valence-corrected chi connectivity index (χ3v) is 3.80. The highest BCUT2D eigenvalue weighted by molar-refractivity contribution is 5.92. The molecule has 0 saturated heterocycles. The van der Waals surface area contributed by atoms with Gasteiger partial charge >= 0.3 is 0 Å². The standard InChI is InChI=1S/C17H21N5O3/c1-10(2)17(24)19-15-8-22(21-20-15)9-16(23)18-13-4-5-14-12(7-13)6-11(3)25-14/h4-5,7-8,10-11H,6,9H2,1-3H3,(H,18,23)(H,19,24). The van der Waals surface area contributed by atoms with Gasteiger partial charge < -0.3 is 15.4 Å². The maximum absolute atomic E-state index is 12.2. The number of aromatic nitrogens is 3. The molecule has 2 amide bonds. The highest BCUT2D eigenvalue weighted by Crippen LogP contribution is 2.30. The molecule has 25 heavy (non-hydrogen) atoms. The van der Waals surface area contributed by atoms with Crippen LogP contribution in [0.5, 0.6) is 5.75 Å². The number of rotatable bonds is 5. The number of carbonyl (C=O) groups is 2. The third kappa shape index (κ3) is 4.14. The van der Waals surface area contributed by atoms with Crippen molar-refractivity contribution in [2.75, 3.05) is 10.6 Å². The summed E-state index contributed by atoms with van der Waals surface area (Å²) < 4.78 is 7.02. The quantitative estimate of drug-likeness (QED) is 0.863. The number of carbonyl (C=O) groups excluding carboxylic acids is 2. The molecular formula is C17H21N5O3. The minimum absolute atomic E-state index is 0.00847. The van der Waals surface area contributed by atoms with Crippen molar-refractivity contribution in [1.82, 2.24) is 15.0 Å². The number of hydrogen-bond donors (Lipinski definition) is 2. The van der Waals surface area contributed by atoms with Crippen LogP contribution in [-0.2, 0) is 22.6 Å². The topological polar surface area (TPSA) is 98.1 Å². The number of fused-ring (bicyclic) bond motifs is 1. The van der Waals surface area contributed by atoms with Crippen molar-refractivity contribution in [3.8, 4) is 5.75 Å². The molecule has 132 valence electrons. The van der Waals surface area contributed by atoms with Crippen LogP contribution in [0.15, 0.2) is 24.4 Å². The summed E-state index contributed by atoms with van der Waals surface area (Å²) in [5, 5.41) is 13.2. The van der Waals surface area contributed by atoms with E-state index in [0.29, 0.717) is 5.82 Å². The molecular weight excluding hydrogens is 322 g/mol. The fraction of sp³-hybridized carbons (Fsp3) is 0.412. The Labute approximate surface area is 145 Å². The van der Waals surface area contributed by atoms with Crippen LogP contribution < -0.4 is 15.4 Å². The number of nitrogens with zero attached hydrogens (tertiary/aromatic N) is 3. The summed E-state index contributed by atoms with van der Waals surface area (Å²) in [6, 6.07) is 5.60. The summed E-state index contributed by atoms with van der Waals surface area (Å²) >= 11 is 0. The van der Waals surface area contributed by atoms with Gasteiger partial charge in [-0.15, -0.1) is 5.10 Å². The summed E-state index contributed by atoms with van der Waals surface area (Å²) in [5.74, 6) is 0.673. The van der Waals surface area contributed by atoms with E-state index in [1.165, 1.54) is 10.9 Å². The molecule has 8 nitrogen and oxygen atoms in total. The van der Waals surface area contributed by atoms with E-state index < -0.39 is 0 Å². The number of amides is 2. The molecule has 1 aliphatic heterocycles. The molecule has 1 atom stereocenters. The molecule has 1 unspecified atom stereocenters. The third-order valence-electron chi connectivity index (χ3n) is 3.80. The summed E-state index contributed by atoms with van der Waals surface area (Å²) in [5.41, 5.74) is 1.81. The van der Waals surface area contributed by atoms with Gasteiger partial charge in [0.05, 0.1) is 6.20 Å². The minimum atomic E-state index is -0.224. The van der Waals surface area contributed by atoms with E-state index in [1.807, 2.05) is 25.1 Å². The lowest BCUT2D eigenvalue weighted by Gasteiger charge is -2.07. The van der Waals surface area contributed by atoms with Crippen LogP contribution in [0.3, 0.4) is 0 Å². The van der Waals surface area contributed by atoms with Crippen molar-refractivity contribution < 1.29 is 14.3 Å². The van der Waals surface area contributed by atoms with E-state index in [-0.39, 0.29) is 30.4 Å². The number of anilines is 2. The second kappa shape index (κ2) is 6.92. The van der Waals surface area contributed by atoms with E-state index in [0.717, 1.165) is 23.4 Å². The molecule has 0 radical (unpaired) electrons. The van der Waals surface area contributed by atoms with Crippen LogP contribution in [0.25, 0.3) is 0 Å². The highest BCUT2D eigenvalue weighted by Gasteiger charge is 2.19. The first-order chi connectivity index (χ1) is 11.9. The van der Waals surface area contributed by atoms with Crippen molar-refractivity contribution in [2.45, 2.75) is 39.8 Å². The van der Waals surface area contributed by atoms with E-state index in [9.17, 15) is 9.59 Å². The average Bonchev–Trinajstić information content (AvgIpc) is 3.11. The fourth-order valence-corrected chi connectivity index (χ4v) is 2.55. The monoisotopic (exact) mass is 343 g/mol. The lowest BCUT2D eigenvalue weighted by atomic mass is 10.1. The molecule has 0 bridgehead atoms. The van der Waals surface area contributed by atoms with Crippen LogP contribution in [0.1, 0.15) is 26.3 Å². The molecule has 3 rings (SSSR count). The largest absolute Gasteiger partial charge is 0.490 e. The van der Waals surface area contributed by atoms with Crippen LogP contribution in [0, 0.1) is 5.92 Å². The number of benzene rings is 1. The van der Waals surface area contributed by atoms with E-state index in [1.54, 1.807) is 13.8 Å². The van der Waals surface area contributed by atoms with Gasteiger partial charge in [0.2, 0.25) is 11.8 Å². The van der Waals surface area contributed by atoms with Gasteiger partial charge in [-0.1, -0.05) is 19.1 Å². The second-order valence-corrected chi connectivity index (χ2v) is 6.45. The van der Waals surface area contributed by atoms with Gasteiger partial charge in [0.1, 0.15) is 18.4 Å². The first kappa shape index (κ1) is 16.9. The van der Waals surface area contributed by atoms with Crippen LogP contribution in [0.4, 0.5) is 11.5 Å². The molecule has 2 N–H and O–H groups in total. The second-order valence-electron chi connectivity index (χ2n) is 6.45. The van der Waals surface area contributed by atoms with Gasteiger partial charge in [0.25, 0.3) is 0 Å². The highest BCUT2D eigenvalue weighted by atomic mass is 16.5. The van der Waals surface area contributed by atoms with Crippen LogP contribution in [-0.4, -0.2) is 32.9 Å². The molecule has 2 heterocycles. The lowest BCUT2D eigenvalue weighted by molar-refractivity contribution is -0.119. The van der Waals surface area contributed by atoms with Crippen molar-refractivity contribution in [3.63, 3.8) is 0 Å². The van der Waals surface area contributed by atoms with Gasteiger partial charge in [-0.05, 0) is 30.7 Å². The molecule has 1 aliphatic rings. The Morgan fingerprint density at radius 2 is 2.16 bits per heavy atom. The zero-order chi connectivity index (χ0) is 18.0. The summed E-state index contributed by atoms with van der Waals surface area (Å²) in [4.78, 5) is 23.8. The zero-order valence-electron chi connectivity index (χ0n) is 14.4. The minimum Gasteiger partial charge on any atom is -0.490 e. The summed E-state index contributed by atoms with van der Waals surface area (Å²) in [7, 11) is 0. The van der Waals surface area contributed by atoms with Gasteiger partial charge in [0, 0.05) is 18.0 Å². The molecule has 2 aromatic rings. The number of ether oxygens (including phenoxy) is 1. The Kier molecular flexibility index (Phi) is 4.69. The first-order valence-corrected chi connectivity index (χ1v) is 8.21. The number of nitrogens with one attached hydrogen (secondary N) is 2. The normalized spacial score (nSPS) is 15.6. The lowest BCUT2D eigenvalue weighted by Crippen LogP contribution is -2.19. The fourth-order valence-electron chi connectivity index (χ4n) is 2.55. The Hall–Kier alpha value is -2.90. The molecule has 0 saturated carbocycles. The van der Waals surface area contributed by atoms with Crippen molar-refractivity contribution in [1.29, 1.82) is 0 Å². The predicted molar refractivity (Wildman–Crippen MR) is 92.4 cm³/mol. The van der Waals surface area contributed by atoms with Gasteiger partial charge in [-0.2, -0.15) is 0 Å². The predicted octanol–water partition coefficient (Wildman–Crippen LogP) is 1.83. The molecule has 1 aromatic carbocycles. The van der Waals surface area contributed by atoms with Gasteiger partial charge in [-0.25, -0.2) is 4.68 Å². The van der Waals surface area contributed by atoms with E-state index >= 15 is 0 Å². The molecule has 8 heteroatoms. The number of hydrogen-bond acceptors (Lipinski definition) is 5. The molecule has 0 aliphatic carbocycles. The maximum Gasteiger partial charge on any atom is 0.246 e. The molecule has 0 spiro atoms. The zero-order valence-corrected chi connectivity index (χ0v) is 14.4. The van der Waals surface area contributed by atoms with E-state index in [2.05, 4.69) is 20.9 Å². The molecule has 0 fully saturated rings. The van der Waals surface area contributed by atoms with Crippen molar-refractivity contribution in [2.24, 2.45) is 5.92 Å². The first-order valence-electron chi connectivity index (χ1n) is 8.21. The Balaban J connectivity index is 1.57. The Morgan fingerprint density at radius 3 is 2.92 bits per heavy atom. The summed E-state index contributed by atoms with van der Waals surface area (Å²) in [6.45, 7) is 5.60. The summed E-state index contributed by atoms with van der Waals surface area (Å²) in [6.07, 6.45) is 2.52. The Morgan fingerprint density at radius 1 is 1.36 bits per heavy atom. The van der Waals surface area contributed by atoms with Crippen LogP contribution >= 0.6 is 0 Å². The smallest absolute Gasteiger partial charge is 0.246 e. The van der Waals surface area contributed by atoms with Crippen molar-refractivity contribution >= 4 is 23.3 Å². The maximum atomic E-state index is 12.2. The van der Waals surface area contributed by atoms with Crippen LogP contribution in [0.2, 0.25) is 0 Å². The van der Waals surface area contributed by atoms with Gasteiger partial charge in [0.15, 0.2) is 5.82 Å². The molecule has 1 aromatic heterocycles. The Bertz CT molecular complexity index is 799. The average molecular weight is 343 g/mol. The SMILES string of the molecule is CC1Cc2cc(NC(=O)Cn3cc(NC(=O)C(C)C)nn3)ccc2O1. The van der Waals surface area contributed by atoms with Crippen molar-refractivity contribution in [3.05, 3.63) is 30.0 Å².